The number of aryl methyl sites for hydroxylation is 3. The van der Waals surface area contributed by atoms with Crippen LogP contribution in [0.4, 0.5) is 20.6 Å². The van der Waals surface area contributed by atoms with Gasteiger partial charge in [0, 0.05) is 5.69 Å². The highest BCUT2D eigenvalue weighted by Crippen LogP contribution is 2.28. The summed E-state index contributed by atoms with van der Waals surface area (Å²) < 4.78 is 24.4. The number of hydrogen-bond donors (Lipinski definition) is 3. The van der Waals surface area contributed by atoms with Crippen LogP contribution in [0.5, 0.6) is 0 Å². The second kappa shape index (κ2) is 13.0. The molecule has 3 N–H and O–H groups in total. The molecule has 3 aromatic carbocycles. The third-order valence-electron chi connectivity index (χ3n) is 6.36. The van der Waals surface area contributed by atoms with E-state index in [1.807, 2.05) is 53.7 Å². The third-order valence-corrected chi connectivity index (χ3v) is 6.36. The van der Waals surface area contributed by atoms with Crippen molar-refractivity contribution in [2.45, 2.75) is 66.2 Å². The molecule has 0 aliphatic rings. The zero-order valence-electron chi connectivity index (χ0n) is 24.8. The number of anilines is 2. The molecule has 0 spiro atoms. The van der Waals surface area contributed by atoms with E-state index < -0.39 is 35.7 Å². The number of methoxy groups -OCH3 is 1. The first-order valence-electron chi connectivity index (χ1n) is 13.3. The summed E-state index contributed by atoms with van der Waals surface area (Å²) in [4.78, 5) is 39.3. The number of urea groups is 1. The summed E-state index contributed by atoms with van der Waals surface area (Å²) in [5, 5.41) is 8.36. The van der Waals surface area contributed by atoms with Crippen molar-refractivity contribution in [3.8, 4) is 11.1 Å². The summed E-state index contributed by atoms with van der Waals surface area (Å²) in [6.45, 7) is 13.0. The smallest absolute Gasteiger partial charge is 0.331 e. The number of rotatable bonds is 8. The minimum absolute atomic E-state index is 0.111. The number of carbonyl (C=O) groups is 3. The minimum atomic E-state index is -1.11. The van der Waals surface area contributed by atoms with Crippen molar-refractivity contribution in [2.24, 2.45) is 0 Å². The molecule has 0 aliphatic carbocycles. The molecule has 3 amide bonds. The lowest BCUT2D eigenvalue weighted by molar-refractivity contribution is -0.150. The van der Waals surface area contributed by atoms with Crippen molar-refractivity contribution in [1.82, 2.24) is 5.32 Å². The standard InChI is InChI=1S/C32H38FN3O5/c1-18-15-19(2)27(20(3)16-18)36-31(39)34-26-17-23(22-9-12-24(33)13-10-22)11-14-25(26)29(37)35-28(30(38)40-8)21(4)41-32(5,6)7/h9-17,21,28H,1-8H3,(H,35,37)(H2,34,36,39)/t21-,28+/m1/s1. The molecular formula is C32H38FN3O5. The fourth-order valence-electron chi connectivity index (χ4n) is 4.65. The summed E-state index contributed by atoms with van der Waals surface area (Å²) in [6.07, 6.45) is -0.711. The summed E-state index contributed by atoms with van der Waals surface area (Å²) in [5.41, 5.74) is 4.57. The maximum Gasteiger partial charge on any atom is 0.331 e. The van der Waals surface area contributed by atoms with Crippen molar-refractivity contribution < 1.29 is 28.2 Å². The van der Waals surface area contributed by atoms with Crippen molar-refractivity contribution in [2.75, 3.05) is 17.7 Å². The highest BCUT2D eigenvalue weighted by Gasteiger charge is 2.32. The molecule has 2 atom stereocenters. The minimum Gasteiger partial charge on any atom is -0.467 e. The van der Waals surface area contributed by atoms with Crippen LogP contribution in [-0.2, 0) is 14.3 Å². The molecular weight excluding hydrogens is 525 g/mol. The van der Waals surface area contributed by atoms with Crippen LogP contribution < -0.4 is 16.0 Å². The fraction of sp³-hybridized carbons (Fsp3) is 0.344. The lowest BCUT2D eigenvalue weighted by Gasteiger charge is -2.30. The molecule has 0 fully saturated rings. The number of amides is 3. The van der Waals surface area contributed by atoms with Gasteiger partial charge in [-0.05, 0) is 95.0 Å². The Morgan fingerprint density at radius 1 is 0.854 bits per heavy atom. The van der Waals surface area contributed by atoms with Crippen molar-refractivity contribution in [3.63, 3.8) is 0 Å². The zero-order valence-corrected chi connectivity index (χ0v) is 24.8. The van der Waals surface area contributed by atoms with Gasteiger partial charge in [-0.25, -0.2) is 14.0 Å². The number of carbonyl (C=O) groups excluding carboxylic acids is 3. The van der Waals surface area contributed by atoms with Gasteiger partial charge < -0.3 is 25.4 Å². The van der Waals surface area contributed by atoms with E-state index in [0.717, 1.165) is 16.7 Å². The van der Waals surface area contributed by atoms with Crippen molar-refractivity contribution >= 4 is 29.3 Å². The molecule has 0 aliphatic heterocycles. The van der Waals surface area contributed by atoms with Crippen LogP contribution in [0.25, 0.3) is 11.1 Å². The van der Waals surface area contributed by atoms with Gasteiger partial charge in [0.05, 0.1) is 30.1 Å². The van der Waals surface area contributed by atoms with E-state index in [1.54, 1.807) is 31.2 Å². The average Bonchev–Trinajstić information content (AvgIpc) is 2.88. The van der Waals surface area contributed by atoms with E-state index in [1.165, 1.54) is 25.3 Å². The first kappa shape index (κ1) is 31.3. The Bertz CT molecular complexity index is 1410. The van der Waals surface area contributed by atoms with Gasteiger partial charge in [0.25, 0.3) is 5.91 Å². The summed E-state index contributed by atoms with van der Waals surface area (Å²) in [7, 11) is 1.23. The van der Waals surface area contributed by atoms with E-state index in [-0.39, 0.29) is 17.1 Å². The van der Waals surface area contributed by atoms with Gasteiger partial charge in [-0.3, -0.25) is 4.79 Å². The van der Waals surface area contributed by atoms with Crippen LogP contribution in [0.3, 0.4) is 0 Å². The van der Waals surface area contributed by atoms with Gasteiger partial charge in [-0.15, -0.1) is 0 Å². The Labute approximate surface area is 240 Å². The highest BCUT2D eigenvalue weighted by atomic mass is 19.1. The number of halogens is 1. The second-order valence-corrected chi connectivity index (χ2v) is 11.0. The van der Waals surface area contributed by atoms with Gasteiger partial charge in [0.15, 0.2) is 6.04 Å². The van der Waals surface area contributed by atoms with Crippen LogP contribution in [0.1, 0.15) is 54.7 Å². The van der Waals surface area contributed by atoms with E-state index in [4.69, 9.17) is 9.47 Å². The molecule has 8 nitrogen and oxygen atoms in total. The molecule has 0 radical (unpaired) electrons. The topological polar surface area (TPSA) is 106 Å². The lowest BCUT2D eigenvalue weighted by atomic mass is 10.0. The molecule has 3 aromatic rings. The molecule has 0 bridgehead atoms. The Hall–Kier alpha value is -4.24. The predicted octanol–water partition coefficient (Wildman–Crippen LogP) is 6.54. The average molecular weight is 564 g/mol. The molecule has 3 rings (SSSR count). The second-order valence-electron chi connectivity index (χ2n) is 11.0. The molecule has 0 unspecified atom stereocenters. The Balaban J connectivity index is 1.98. The number of hydrogen-bond acceptors (Lipinski definition) is 5. The van der Waals surface area contributed by atoms with Crippen molar-refractivity contribution in [3.05, 3.63) is 82.7 Å². The van der Waals surface area contributed by atoms with Gasteiger partial charge in [-0.2, -0.15) is 0 Å². The quantitative estimate of drug-likeness (QED) is 0.270. The lowest BCUT2D eigenvalue weighted by Crippen LogP contribution is -2.51. The number of nitrogens with one attached hydrogen (secondary N) is 3. The Morgan fingerprint density at radius 2 is 1.44 bits per heavy atom. The monoisotopic (exact) mass is 563 g/mol. The van der Waals surface area contributed by atoms with Crippen LogP contribution >= 0.6 is 0 Å². The first-order valence-corrected chi connectivity index (χ1v) is 13.3. The molecule has 41 heavy (non-hydrogen) atoms. The summed E-state index contributed by atoms with van der Waals surface area (Å²) in [5.74, 6) is -1.67. The van der Waals surface area contributed by atoms with Crippen LogP contribution in [0.15, 0.2) is 54.6 Å². The van der Waals surface area contributed by atoms with Gasteiger partial charge in [0.1, 0.15) is 5.82 Å². The van der Waals surface area contributed by atoms with E-state index >= 15 is 0 Å². The van der Waals surface area contributed by atoms with E-state index in [2.05, 4.69) is 16.0 Å². The first-order chi connectivity index (χ1) is 19.2. The van der Waals surface area contributed by atoms with Crippen LogP contribution in [0.2, 0.25) is 0 Å². The van der Waals surface area contributed by atoms with Gasteiger partial charge >= 0.3 is 12.0 Å². The van der Waals surface area contributed by atoms with Crippen LogP contribution in [0, 0.1) is 26.6 Å². The number of esters is 1. The largest absolute Gasteiger partial charge is 0.467 e. The van der Waals surface area contributed by atoms with Gasteiger partial charge in [0.2, 0.25) is 0 Å². The molecule has 0 heterocycles. The highest BCUT2D eigenvalue weighted by molar-refractivity contribution is 6.08. The molecule has 9 heteroatoms. The Morgan fingerprint density at radius 3 is 2.00 bits per heavy atom. The number of ether oxygens (including phenoxy) is 2. The van der Waals surface area contributed by atoms with Gasteiger partial charge in [-0.1, -0.05) is 35.9 Å². The number of benzene rings is 3. The third kappa shape index (κ3) is 8.38. The van der Waals surface area contributed by atoms with E-state index in [9.17, 15) is 18.8 Å². The summed E-state index contributed by atoms with van der Waals surface area (Å²) in [6, 6.07) is 13.0. The van der Waals surface area contributed by atoms with Crippen LogP contribution in [-0.4, -0.2) is 42.8 Å². The maximum atomic E-state index is 13.5. The van der Waals surface area contributed by atoms with Crippen molar-refractivity contribution in [1.29, 1.82) is 0 Å². The molecule has 0 saturated heterocycles. The SMILES string of the molecule is COC(=O)[C@@H](NC(=O)c1ccc(-c2ccc(F)cc2)cc1NC(=O)Nc1c(C)cc(C)cc1C)[C@@H](C)OC(C)(C)C. The van der Waals surface area contributed by atoms with E-state index in [0.29, 0.717) is 16.8 Å². The Kier molecular flexibility index (Phi) is 9.88. The predicted molar refractivity (Wildman–Crippen MR) is 159 cm³/mol. The molecule has 0 aromatic heterocycles. The maximum absolute atomic E-state index is 13.5. The normalized spacial score (nSPS) is 12.7. The molecule has 0 saturated carbocycles. The zero-order chi connectivity index (χ0) is 30.5. The summed E-state index contributed by atoms with van der Waals surface area (Å²) >= 11 is 0. The fourth-order valence-corrected chi connectivity index (χ4v) is 4.65. The molecule has 218 valence electrons.